The van der Waals surface area contributed by atoms with Crippen molar-refractivity contribution >= 4 is 11.6 Å². The second-order valence-electron chi connectivity index (χ2n) is 10.5. The highest BCUT2D eigenvalue weighted by molar-refractivity contribution is 5.94. The van der Waals surface area contributed by atoms with Crippen LogP contribution < -0.4 is 15.1 Å². The molecule has 10 heteroatoms. The summed E-state index contributed by atoms with van der Waals surface area (Å²) in [7, 11) is 3.95. The molecule has 3 aliphatic heterocycles. The third-order valence-electron chi connectivity index (χ3n) is 7.75. The van der Waals surface area contributed by atoms with Crippen LogP contribution in [0, 0.1) is 0 Å². The summed E-state index contributed by atoms with van der Waals surface area (Å²) in [6.45, 7) is 4.31. The Balaban J connectivity index is 1.14. The van der Waals surface area contributed by atoms with Crippen molar-refractivity contribution in [1.82, 2.24) is 25.5 Å². The third-order valence-corrected chi connectivity index (χ3v) is 7.75. The van der Waals surface area contributed by atoms with E-state index < -0.39 is 0 Å². The number of anilines is 1. The lowest BCUT2D eigenvalue weighted by Gasteiger charge is -2.19. The van der Waals surface area contributed by atoms with Gasteiger partial charge in [-0.1, -0.05) is 18.2 Å². The van der Waals surface area contributed by atoms with Gasteiger partial charge in [0.25, 0.3) is 5.91 Å². The van der Waals surface area contributed by atoms with Crippen molar-refractivity contribution < 1.29 is 19.2 Å². The highest BCUT2D eigenvalue weighted by Gasteiger charge is 2.50. The fraction of sp³-hybridized carbons (Fsp3) is 0.481. The SMILES string of the molecule is CN(C)c1ccc(C(=O)N[C@H]2CO[C@H]3[C@@H]2OC[C@@H]3n2nnnc2-c2cccc(C[NH+]3CCCC3)c2)cc1. The maximum atomic E-state index is 12.9. The van der Waals surface area contributed by atoms with Crippen LogP contribution in [0.25, 0.3) is 11.4 Å². The summed E-state index contributed by atoms with van der Waals surface area (Å²) in [6.07, 6.45) is 2.13. The van der Waals surface area contributed by atoms with E-state index in [-0.39, 0.29) is 30.2 Å². The second-order valence-corrected chi connectivity index (χ2v) is 10.5. The Kier molecular flexibility index (Phi) is 6.62. The van der Waals surface area contributed by atoms with Crippen molar-refractivity contribution in [3.8, 4) is 11.4 Å². The lowest BCUT2D eigenvalue weighted by Crippen LogP contribution is -3.08. The second kappa shape index (κ2) is 10.2. The Morgan fingerprint density at radius 2 is 1.86 bits per heavy atom. The predicted octanol–water partition coefficient (Wildman–Crippen LogP) is 0.722. The van der Waals surface area contributed by atoms with E-state index in [0.717, 1.165) is 17.8 Å². The van der Waals surface area contributed by atoms with Gasteiger partial charge >= 0.3 is 0 Å². The average Bonchev–Trinajstić information content (AvgIpc) is 3.71. The van der Waals surface area contributed by atoms with Crippen LogP contribution in [-0.2, 0) is 16.0 Å². The molecule has 4 heterocycles. The number of amides is 1. The molecule has 4 atom stereocenters. The lowest BCUT2D eigenvalue weighted by molar-refractivity contribution is -0.901. The molecule has 37 heavy (non-hydrogen) atoms. The minimum Gasteiger partial charge on any atom is -0.378 e. The van der Waals surface area contributed by atoms with E-state index in [4.69, 9.17) is 9.47 Å². The molecule has 0 radical (unpaired) electrons. The first kappa shape index (κ1) is 24.0. The van der Waals surface area contributed by atoms with Crippen LogP contribution in [0.2, 0.25) is 0 Å². The molecule has 2 N–H and O–H groups in total. The van der Waals surface area contributed by atoms with Crippen LogP contribution in [0.5, 0.6) is 0 Å². The summed E-state index contributed by atoms with van der Waals surface area (Å²) < 4.78 is 14.1. The topological polar surface area (TPSA) is 98.8 Å². The van der Waals surface area contributed by atoms with Gasteiger partial charge in [0.2, 0.25) is 0 Å². The quantitative estimate of drug-likeness (QED) is 0.489. The van der Waals surface area contributed by atoms with Gasteiger partial charge in [-0.05, 0) is 40.8 Å². The normalized spacial score (nSPS) is 25.4. The van der Waals surface area contributed by atoms with Crippen LogP contribution in [0.4, 0.5) is 5.69 Å². The number of nitrogens with zero attached hydrogens (tertiary/aromatic N) is 5. The fourth-order valence-corrected chi connectivity index (χ4v) is 5.74. The van der Waals surface area contributed by atoms with E-state index in [1.807, 2.05) is 47.9 Å². The Labute approximate surface area is 216 Å². The number of quaternary nitrogens is 1. The number of rotatable bonds is 7. The summed E-state index contributed by atoms with van der Waals surface area (Å²) >= 11 is 0. The molecular weight excluding hydrogens is 470 g/mol. The summed E-state index contributed by atoms with van der Waals surface area (Å²) in [5, 5.41) is 15.8. The molecule has 3 fully saturated rings. The van der Waals surface area contributed by atoms with Crippen molar-refractivity contribution in [3.05, 3.63) is 59.7 Å². The molecular formula is C27H34N7O3+. The zero-order valence-electron chi connectivity index (χ0n) is 21.3. The zero-order chi connectivity index (χ0) is 25.4. The van der Waals surface area contributed by atoms with Gasteiger partial charge in [-0.3, -0.25) is 4.79 Å². The summed E-state index contributed by atoms with van der Waals surface area (Å²) in [6, 6.07) is 15.7. The van der Waals surface area contributed by atoms with Crippen LogP contribution in [-0.4, -0.2) is 84.8 Å². The maximum absolute atomic E-state index is 12.9. The van der Waals surface area contributed by atoms with Crippen LogP contribution >= 0.6 is 0 Å². The van der Waals surface area contributed by atoms with Crippen molar-refractivity contribution in [2.75, 3.05) is 45.3 Å². The number of hydrogen-bond donors (Lipinski definition) is 2. The predicted molar refractivity (Wildman–Crippen MR) is 137 cm³/mol. The highest BCUT2D eigenvalue weighted by atomic mass is 16.6. The maximum Gasteiger partial charge on any atom is 0.251 e. The lowest BCUT2D eigenvalue weighted by atomic mass is 10.0. The number of aromatic nitrogens is 4. The van der Waals surface area contributed by atoms with Crippen LogP contribution in [0.15, 0.2) is 48.5 Å². The van der Waals surface area contributed by atoms with Gasteiger partial charge in [0.1, 0.15) is 24.8 Å². The third kappa shape index (κ3) is 4.84. The molecule has 3 aliphatic rings. The van der Waals surface area contributed by atoms with E-state index in [0.29, 0.717) is 24.6 Å². The molecule has 1 amide bonds. The van der Waals surface area contributed by atoms with E-state index in [9.17, 15) is 4.79 Å². The minimum absolute atomic E-state index is 0.133. The molecule has 6 rings (SSSR count). The number of hydrogen-bond acceptors (Lipinski definition) is 7. The first-order chi connectivity index (χ1) is 18.1. The standard InChI is InChI=1S/C27H33N7O3/c1-32(2)21-10-8-19(9-11-21)27(35)28-22-16-36-25-23(17-37-24(22)25)34-26(29-30-31-34)20-7-5-6-18(14-20)15-33-12-3-4-13-33/h5-11,14,22-25H,3-4,12-13,15-17H2,1-2H3,(H,28,35)/p+1/t22-,23-,24+,25+/m0/s1. The van der Waals surface area contributed by atoms with Gasteiger partial charge in [0, 0.05) is 49.3 Å². The highest BCUT2D eigenvalue weighted by Crippen LogP contribution is 2.36. The molecule has 194 valence electrons. The first-order valence-corrected chi connectivity index (χ1v) is 13.1. The van der Waals surface area contributed by atoms with Crippen molar-refractivity contribution in [1.29, 1.82) is 0 Å². The number of nitrogens with one attached hydrogen (secondary N) is 2. The first-order valence-electron chi connectivity index (χ1n) is 13.1. The molecule has 1 aromatic heterocycles. The Morgan fingerprint density at radius 3 is 2.65 bits per heavy atom. The Bertz CT molecular complexity index is 1240. The van der Waals surface area contributed by atoms with Gasteiger partial charge in [0.15, 0.2) is 5.82 Å². The van der Waals surface area contributed by atoms with Crippen LogP contribution in [0.3, 0.4) is 0 Å². The van der Waals surface area contributed by atoms with E-state index >= 15 is 0 Å². The molecule has 2 aromatic carbocycles. The van der Waals surface area contributed by atoms with Crippen molar-refractivity contribution in [2.24, 2.45) is 0 Å². The van der Waals surface area contributed by atoms with Crippen molar-refractivity contribution in [3.63, 3.8) is 0 Å². The van der Waals surface area contributed by atoms with Crippen molar-refractivity contribution in [2.45, 2.75) is 43.7 Å². The molecule has 0 bridgehead atoms. The van der Waals surface area contributed by atoms with Gasteiger partial charge in [-0.15, -0.1) is 5.10 Å². The molecule has 3 aromatic rings. The molecule has 3 saturated heterocycles. The fourth-order valence-electron chi connectivity index (χ4n) is 5.74. The number of carbonyl (C=O) groups excluding carboxylic acids is 1. The van der Waals surface area contributed by atoms with Crippen LogP contribution in [0.1, 0.15) is 34.8 Å². The minimum atomic E-state index is -0.253. The number of tetrazole rings is 1. The number of fused-ring (bicyclic) bond motifs is 1. The molecule has 0 spiro atoms. The molecule has 0 saturated carbocycles. The van der Waals surface area contributed by atoms with E-state index in [1.165, 1.54) is 31.5 Å². The van der Waals surface area contributed by atoms with E-state index in [1.54, 1.807) is 4.90 Å². The number of ether oxygens (including phenoxy) is 2. The largest absolute Gasteiger partial charge is 0.378 e. The molecule has 10 nitrogen and oxygen atoms in total. The number of likely N-dealkylation sites (tertiary alicyclic amines) is 1. The van der Waals surface area contributed by atoms with Gasteiger partial charge < -0.3 is 24.6 Å². The Hall–Kier alpha value is -3.34. The van der Waals surface area contributed by atoms with Gasteiger partial charge in [-0.2, -0.15) is 0 Å². The zero-order valence-corrected chi connectivity index (χ0v) is 21.3. The molecule has 0 unspecified atom stereocenters. The summed E-state index contributed by atoms with van der Waals surface area (Å²) in [5.41, 5.74) is 3.95. The Morgan fingerprint density at radius 1 is 1.08 bits per heavy atom. The number of benzene rings is 2. The van der Waals surface area contributed by atoms with E-state index in [2.05, 4.69) is 45.1 Å². The number of carbonyl (C=O) groups is 1. The average molecular weight is 505 g/mol. The smallest absolute Gasteiger partial charge is 0.251 e. The van der Waals surface area contributed by atoms with Gasteiger partial charge in [0.05, 0.1) is 32.3 Å². The monoisotopic (exact) mass is 504 g/mol. The molecule has 0 aliphatic carbocycles. The summed E-state index contributed by atoms with van der Waals surface area (Å²) in [5.74, 6) is 0.580. The van der Waals surface area contributed by atoms with Gasteiger partial charge in [-0.25, -0.2) is 4.68 Å². The summed E-state index contributed by atoms with van der Waals surface area (Å²) in [4.78, 5) is 16.5.